The molecule has 2 aromatic heterocycles. The third-order valence-electron chi connectivity index (χ3n) is 10.7. The number of rotatable bonds is 4. The zero-order chi connectivity index (χ0) is 33.5. The molecule has 1 aliphatic rings. The van der Waals surface area contributed by atoms with Gasteiger partial charge in [0.2, 0.25) is 0 Å². The molecule has 0 spiro atoms. The van der Waals surface area contributed by atoms with E-state index < -0.39 is 0 Å². The zero-order valence-electron chi connectivity index (χ0n) is 27.7. The lowest BCUT2D eigenvalue weighted by Gasteiger charge is -2.17. The van der Waals surface area contributed by atoms with E-state index in [1.807, 2.05) is 0 Å². The van der Waals surface area contributed by atoms with E-state index in [0.29, 0.717) is 0 Å². The van der Waals surface area contributed by atoms with Gasteiger partial charge in [-0.05, 0) is 86.1 Å². The summed E-state index contributed by atoms with van der Waals surface area (Å²) in [6.07, 6.45) is 0. The molecule has 2 heterocycles. The van der Waals surface area contributed by atoms with Gasteiger partial charge in [-0.3, -0.25) is 0 Å². The Bertz CT molecular complexity index is 2990. The molecule has 0 saturated carbocycles. The fourth-order valence-electron chi connectivity index (χ4n) is 8.51. The normalized spacial score (nSPS) is 11.9. The van der Waals surface area contributed by atoms with Crippen LogP contribution in [0.25, 0.3) is 105 Å². The average Bonchev–Trinajstić information content (AvgIpc) is 3.48. The van der Waals surface area contributed by atoms with Crippen molar-refractivity contribution >= 4 is 43.5 Å². The Kier molecular flexibility index (Phi) is 5.99. The molecule has 0 unspecified atom stereocenters. The molecule has 2 heteroatoms. The number of benzene rings is 8. The predicted octanol–water partition coefficient (Wildman–Crippen LogP) is 13.1. The first kappa shape index (κ1) is 28.1. The summed E-state index contributed by atoms with van der Waals surface area (Å²) in [6.45, 7) is 0. The molecule has 0 N–H and O–H groups in total. The van der Waals surface area contributed by atoms with E-state index >= 15 is 0 Å². The Morgan fingerprint density at radius 3 is 1.76 bits per heavy atom. The number of aromatic nitrogens is 2. The smallest absolute Gasteiger partial charge is 0.0717 e. The van der Waals surface area contributed by atoms with E-state index in [1.165, 1.54) is 77.1 Å². The second kappa shape index (κ2) is 10.9. The molecule has 0 atom stereocenters. The van der Waals surface area contributed by atoms with Crippen LogP contribution in [-0.2, 0) is 0 Å². The molecule has 10 aromatic rings. The first-order valence-electron chi connectivity index (χ1n) is 17.6. The molecule has 1 aliphatic carbocycles. The van der Waals surface area contributed by atoms with Gasteiger partial charge in [-0.1, -0.05) is 146 Å². The minimum Gasteiger partial charge on any atom is -0.309 e. The molecule has 0 aliphatic heterocycles. The van der Waals surface area contributed by atoms with Crippen molar-refractivity contribution in [3.8, 4) is 61.5 Å². The fourth-order valence-corrected chi connectivity index (χ4v) is 8.51. The van der Waals surface area contributed by atoms with Crippen LogP contribution >= 0.6 is 0 Å². The van der Waals surface area contributed by atoms with E-state index in [-0.39, 0.29) is 0 Å². The number of pyridine rings is 1. The molecule has 0 fully saturated rings. The van der Waals surface area contributed by atoms with Crippen LogP contribution in [0.15, 0.2) is 182 Å². The summed E-state index contributed by atoms with van der Waals surface area (Å²) >= 11 is 0. The van der Waals surface area contributed by atoms with Gasteiger partial charge in [0.25, 0.3) is 0 Å². The minimum absolute atomic E-state index is 0.976. The number of fused-ring (bicyclic) bond motifs is 4. The Morgan fingerprint density at radius 1 is 0.373 bits per heavy atom. The maximum atomic E-state index is 5.22. The van der Waals surface area contributed by atoms with Crippen molar-refractivity contribution in [2.24, 2.45) is 0 Å². The molecular weight excluding hydrogens is 617 g/mol. The van der Waals surface area contributed by atoms with E-state index in [1.54, 1.807) is 0 Å². The largest absolute Gasteiger partial charge is 0.309 e. The van der Waals surface area contributed by atoms with Gasteiger partial charge in [0, 0.05) is 33.0 Å². The molecule has 11 rings (SSSR count). The van der Waals surface area contributed by atoms with Crippen molar-refractivity contribution in [1.82, 2.24) is 9.55 Å². The Labute approximate surface area is 295 Å². The highest BCUT2D eigenvalue weighted by atomic mass is 15.0. The van der Waals surface area contributed by atoms with Crippen molar-refractivity contribution in [3.05, 3.63) is 182 Å². The quantitative estimate of drug-likeness (QED) is 0.186. The third-order valence-corrected chi connectivity index (χ3v) is 10.7. The summed E-state index contributed by atoms with van der Waals surface area (Å²) < 4.78 is 2.48. The maximum absolute atomic E-state index is 5.22. The van der Waals surface area contributed by atoms with Gasteiger partial charge in [-0.15, -0.1) is 0 Å². The highest BCUT2D eigenvalue weighted by Crippen LogP contribution is 2.52. The average molecular weight is 647 g/mol. The van der Waals surface area contributed by atoms with Crippen LogP contribution in [0.3, 0.4) is 0 Å². The zero-order valence-corrected chi connectivity index (χ0v) is 27.7. The monoisotopic (exact) mass is 646 g/mol. The van der Waals surface area contributed by atoms with Crippen molar-refractivity contribution in [2.45, 2.75) is 0 Å². The van der Waals surface area contributed by atoms with Gasteiger partial charge in [0.15, 0.2) is 0 Å². The van der Waals surface area contributed by atoms with Crippen molar-refractivity contribution < 1.29 is 0 Å². The second-order valence-corrected chi connectivity index (χ2v) is 13.5. The topological polar surface area (TPSA) is 17.8 Å². The van der Waals surface area contributed by atoms with Gasteiger partial charge in [-0.2, -0.15) is 0 Å². The van der Waals surface area contributed by atoms with Gasteiger partial charge >= 0.3 is 0 Å². The molecule has 0 radical (unpaired) electrons. The summed E-state index contributed by atoms with van der Waals surface area (Å²) in [5.74, 6) is 0. The van der Waals surface area contributed by atoms with Crippen molar-refractivity contribution in [2.75, 3.05) is 0 Å². The highest BCUT2D eigenvalue weighted by molar-refractivity contribution is 6.31. The van der Waals surface area contributed by atoms with Crippen LogP contribution in [0.1, 0.15) is 0 Å². The van der Waals surface area contributed by atoms with Crippen molar-refractivity contribution in [1.29, 1.82) is 0 Å². The van der Waals surface area contributed by atoms with Gasteiger partial charge in [0.1, 0.15) is 0 Å². The third kappa shape index (κ3) is 4.14. The molecule has 0 bridgehead atoms. The molecule has 8 aromatic carbocycles. The van der Waals surface area contributed by atoms with Crippen LogP contribution in [-0.4, -0.2) is 9.55 Å². The standard InChI is InChI=1S/C49H30N2/c1-4-13-31(14-5-1)36-25-28-45-49-47(36)39-21-11-10-20-37(39)38-22-12-19-34-23-27-44(48(49)46(34)38)51(45)35-24-26-42-41(29-35)40(32-15-6-2-7-16-32)30-43(50-42)33-17-8-3-9-18-33/h1-30H. The lowest BCUT2D eigenvalue weighted by atomic mass is 9.88. The fraction of sp³-hybridized carbons (Fsp3) is 0. The molecule has 236 valence electrons. The first-order chi connectivity index (χ1) is 25.3. The Morgan fingerprint density at radius 2 is 1.00 bits per heavy atom. The maximum Gasteiger partial charge on any atom is 0.0717 e. The summed E-state index contributed by atoms with van der Waals surface area (Å²) in [5.41, 5.74) is 16.6. The predicted molar refractivity (Wildman–Crippen MR) is 214 cm³/mol. The lowest BCUT2D eigenvalue weighted by Crippen LogP contribution is -1.97. The number of nitrogens with zero attached hydrogens (tertiary/aromatic N) is 2. The number of hydrogen-bond donors (Lipinski definition) is 0. The molecular formula is C49H30N2. The van der Waals surface area contributed by atoms with Gasteiger partial charge in [-0.25, -0.2) is 4.98 Å². The molecule has 0 saturated heterocycles. The van der Waals surface area contributed by atoms with E-state index in [9.17, 15) is 0 Å². The van der Waals surface area contributed by atoms with Crippen LogP contribution in [0.2, 0.25) is 0 Å². The summed E-state index contributed by atoms with van der Waals surface area (Å²) in [4.78, 5) is 5.22. The van der Waals surface area contributed by atoms with Crippen LogP contribution in [0.4, 0.5) is 0 Å². The van der Waals surface area contributed by atoms with E-state index in [2.05, 4.69) is 187 Å². The summed E-state index contributed by atoms with van der Waals surface area (Å²) in [6, 6.07) is 66.1. The summed E-state index contributed by atoms with van der Waals surface area (Å²) in [7, 11) is 0. The molecule has 51 heavy (non-hydrogen) atoms. The Hall–Kier alpha value is -6.77. The SMILES string of the molecule is c1ccc(-c2cc(-c3ccccc3)c3cc(-n4c5ccc(-c6ccccc6)c6c5c5c7c(cccc7ccc54)-c4ccccc4-6)ccc3n2)cc1. The highest BCUT2D eigenvalue weighted by Gasteiger charge is 2.27. The van der Waals surface area contributed by atoms with Gasteiger partial charge in [0.05, 0.1) is 22.2 Å². The molecule has 2 nitrogen and oxygen atoms in total. The van der Waals surface area contributed by atoms with Crippen LogP contribution in [0, 0.1) is 0 Å². The number of hydrogen-bond acceptors (Lipinski definition) is 1. The van der Waals surface area contributed by atoms with Crippen LogP contribution in [0.5, 0.6) is 0 Å². The van der Waals surface area contributed by atoms with Crippen LogP contribution < -0.4 is 0 Å². The first-order valence-corrected chi connectivity index (χ1v) is 17.6. The van der Waals surface area contributed by atoms with E-state index in [0.717, 1.165) is 27.8 Å². The van der Waals surface area contributed by atoms with Gasteiger partial charge < -0.3 is 4.57 Å². The van der Waals surface area contributed by atoms with E-state index in [4.69, 9.17) is 4.98 Å². The van der Waals surface area contributed by atoms with Crippen molar-refractivity contribution in [3.63, 3.8) is 0 Å². The lowest BCUT2D eigenvalue weighted by molar-refractivity contribution is 1.18. The Balaban J connectivity index is 1.27. The second-order valence-electron chi connectivity index (χ2n) is 13.5. The molecule has 0 amide bonds. The minimum atomic E-state index is 0.976. The summed E-state index contributed by atoms with van der Waals surface area (Å²) in [5, 5.41) is 6.32.